The summed E-state index contributed by atoms with van der Waals surface area (Å²) in [6, 6.07) is 7.52. The normalized spacial score (nSPS) is 10.2. The fourth-order valence-corrected chi connectivity index (χ4v) is 2.01. The molecule has 0 unspecified atom stereocenters. The van der Waals surface area contributed by atoms with Crippen molar-refractivity contribution in [1.29, 1.82) is 0 Å². The van der Waals surface area contributed by atoms with Crippen molar-refractivity contribution in [2.45, 2.75) is 0 Å². The van der Waals surface area contributed by atoms with Crippen LogP contribution >= 0.6 is 15.9 Å². The number of hydrogen-bond donors (Lipinski definition) is 3. The van der Waals surface area contributed by atoms with E-state index in [9.17, 15) is 13.6 Å². The van der Waals surface area contributed by atoms with Gasteiger partial charge in [-0.3, -0.25) is 0 Å². The first-order valence-electron chi connectivity index (χ1n) is 5.54. The number of nitrogens with two attached hydrogens (primary N) is 1. The number of benzene rings is 2. The van der Waals surface area contributed by atoms with Crippen LogP contribution in [0, 0.1) is 11.6 Å². The SMILES string of the molecule is Nc1ccc(NC(=O)Nc2c(F)cc(F)cc2Br)cc1. The van der Waals surface area contributed by atoms with Crippen molar-refractivity contribution in [2.24, 2.45) is 0 Å². The highest BCUT2D eigenvalue weighted by atomic mass is 79.9. The third kappa shape index (κ3) is 3.45. The largest absolute Gasteiger partial charge is 0.399 e. The number of nitrogen functional groups attached to an aromatic ring is 1. The van der Waals surface area contributed by atoms with Crippen molar-refractivity contribution < 1.29 is 13.6 Å². The van der Waals surface area contributed by atoms with Crippen molar-refractivity contribution >= 4 is 39.0 Å². The Kier molecular flexibility index (Phi) is 4.19. The van der Waals surface area contributed by atoms with E-state index < -0.39 is 17.7 Å². The second-order valence-electron chi connectivity index (χ2n) is 3.95. The molecule has 104 valence electrons. The number of amides is 2. The quantitative estimate of drug-likeness (QED) is 0.724. The zero-order chi connectivity index (χ0) is 14.7. The lowest BCUT2D eigenvalue weighted by Crippen LogP contribution is -2.20. The standard InChI is InChI=1S/C13H10BrF2N3O/c14-10-5-7(15)6-11(16)12(10)19-13(20)18-9-3-1-8(17)2-4-9/h1-6H,17H2,(H2,18,19,20). The highest BCUT2D eigenvalue weighted by molar-refractivity contribution is 9.10. The summed E-state index contributed by atoms with van der Waals surface area (Å²) >= 11 is 2.98. The minimum Gasteiger partial charge on any atom is -0.399 e. The van der Waals surface area contributed by atoms with Gasteiger partial charge in [0, 0.05) is 21.9 Å². The molecule has 2 aromatic carbocycles. The Morgan fingerprint density at radius 1 is 1.10 bits per heavy atom. The van der Waals surface area contributed by atoms with Crippen LogP contribution in [0.5, 0.6) is 0 Å². The molecule has 0 aromatic heterocycles. The molecule has 0 aliphatic rings. The number of anilines is 3. The lowest BCUT2D eigenvalue weighted by molar-refractivity contribution is 0.262. The van der Waals surface area contributed by atoms with Crippen molar-refractivity contribution in [2.75, 3.05) is 16.4 Å². The van der Waals surface area contributed by atoms with Crippen molar-refractivity contribution in [3.05, 3.63) is 52.5 Å². The topological polar surface area (TPSA) is 67.1 Å². The first kappa shape index (κ1) is 14.3. The fourth-order valence-electron chi connectivity index (χ4n) is 1.50. The first-order valence-corrected chi connectivity index (χ1v) is 6.33. The van der Waals surface area contributed by atoms with Gasteiger partial charge in [-0.05, 0) is 46.3 Å². The van der Waals surface area contributed by atoms with Gasteiger partial charge in [0.2, 0.25) is 0 Å². The third-order valence-corrected chi connectivity index (χ3v) is 3.04. The van der Waals surface area contributed by atoms with Gasteiger partial charge >= 0.3 is 6.03 Å². The van der Waals surface area contributed by atoms with Gasteiger partial charge in [0.25, 0.3) is 0 Å². The molecule has 0 aliphatic carbocycles. The van der Waals surface area contributed by atoms with E-state index in [4.69, 9.17) is 5.73 Å². The first-order chi connectivity index (χ1) is 9.45. The van der Waals surface area contributed by atoms with E-state index in [1.54, 1.807) is 24.3 Å². The maximum Gasteiger partial charge on any atom is 0.323 e. The van der Waals surface area contributed by atoms with Gasteiger partial charge in [-0.2, -0.15) is 0 Å². The van der Waals surface area contributed by atoms with Gasteiger partial charge in [0.15, 0.2) is 5.82 Å². The Balaban J connectivity index is 2.10. The molecular formula is C13H10BrF2N3O. The van der Waals surface area contributed by atoms with E-state index in [2.05, 4.69) is 26.6 Å². The predicted octanol–water partition coefficient (Wildman–Crippen LogP) is 3.95. The minimum absolute atomic E-state index is 0.113. The zero-order valence-corrected chi connectivity index (χ0v) is 11.7. The molecule has 0 bridgehead atoms. The zero-order valence-electron chi connectivity index (χ0n) is 10.1. The van der Waals surface area contributed by atoms with E-state index in [1.165, 1.54) is 0 Å². The number of carbonyl (C=O) groups is 1. The average molecular weight is 342 g/mol. The molecule has 7 heteroatoms. The smallest absolute Gasteiger partial charge is 0.323 e. The molecular weight excluding hydrogens is 332 g/mol. The molecule has 0 fully saturated rings. The maximum absolute atomic E-state index is 13.5. The Hall–Kier alpha value is -2.15. The number of halogens is 3. The van der Waals surface area contributed by atoms with Crippen LogP contribution in [-0.2, 0) is 0 Å². The van der Waals surface area contributed by atoms with Crippen LogP contribution in [0.3, 0.4) is 0 Å². The summed E-state index contributed by atoms with van der Waals surface area (Å²) in [5.74, 6) is -1.61. The van der Waals surface area contributed by atoms with E-state index in [1.807, 2.05) is 0 Å². The van der Waals surface area contributed by atoms with E-state index in [0.29, 0.717) is 17.4 Å². The molecule has 0 saturated heterocycles. The van der Waals surface area contributed by atoms with E-state index >= 15 is 0 Å². The molecule has 0 radical (unpaired) electrons. The molecule has 2 rings (SSSR count). The lowest BCUT2D eigenvalue weighted by atomic mass is 10.3. The Morgan fingerprint density at radius 3 is 2.35 bits per heavy atom. The van der Waals surface area contributed by atoms with Crippen LogP contribution in [-0.4, -0.2) is 6.03 Å². The van der Waals surface area contributed by atoms with Gasteiger partial charge in [-0.15, -0.1) is 0 Å². The second-order valence-corrected chi connectivity index (χ2v) is 4.80. The molecule has 0 heterocycles. The molecule has 0 aliphatic heterocycles. The van der Waals surface area contributed by atoms with Crippen LogP contribution in [0.4, 0.5) is 30.6 Å². The van der Waals surface area contributed by atoms with Crippen molar-refractivity contribution in [3.8, 4) is 0 Å². The summed E-state index contributed by atoms with van der Waals surface area (Å²) in [5, 5.41) is 4.80. The molecule has 0 atom stereocenters. The number of hydrogen-bond acceptors (Lipinski definition) is 2. The number of rotatable bonds is 2. The lowest BCUT2D eigenvalue weighted by Gasteiger charge is -2.10. The molecule has 2 aromatic rings. The Bertz CT molecular complexity index is 624. The van der Waals surface area contributed by atoms with Gasteiger partial charge < -0.3 is 16.4 Å². The van der Waals surface area contributed by atoms with E-state index in [-0.39, 0.29) is 10.2 Å². The fraction of sp³-hybridized carbons (Fsp3) is 0. The maximum atomic E-state index is 13.5. The molecule has 20 heavy (non-hydrogen) atoms. The highest BCUT2D eigenvalue weighted by Gasteiger charge is 2.12. The second kappa shape index (κ2) is 5.87. The molecule has 4 nitrogen and oxygen atoms in total. The van der Waals surface area contributed by atoms with Crippen LogP contribution in [0.25, 0.3) is 0 Å². The number of nitrogens with one attached hydrogen (secondary N) is 2. The Morgan fingerprint density at radius 2 is 1.75 bits per heavy atom. The highest BCUT2D eigenvalue weighted by Crippen LogP contribution is 2.27. The van der Waals surface area contributed by atoms with Crippen LogP contribution in [0.1, 0.15) is 0 Å². The van der Waals surface area contributed by atoms with Crippen LogP contribution in [0.15, 0.2) is 40.9 Å². The van der Waals surface area contributed by atoms with Crippen LogP contribution in [0.2, 0.25) is 0 Å². The summed E-state index contributed by atoms with van der Waals surface area (Å²) in [7, 11) is 0. The van der Waals surface area contributed by atoms with Crippen LogP contribution < -0.4 is 16.4 Å². The van der Waals surface area contributed by atoms with E-state index in [0.717, 1.165) is 6.07 Å². The van der Waals surface area contributed by atoms with Gasteiger partial charge in [0.1, 0.15) is 5.82 Å². The molecule has 2 amide bonds. The predicted molar refractivity (Wildman–Crippen MR) is 77.6 cm³/mol. The van der Waals surface area contributed by atoms with Crippen molar-refractivity contribution in [3.63, 3.8) is 0 Å². The number of urea groups is 1. The monoisotopic (exact) mass is 341 g/mol. The van der Waals surface area contributed by atoms with Crippen molar-refractivity contribution in [1.82, 2.24) is 0 Å². The molecule has 4 N–H and O–H groups in total. The summed E-state index contributed by atoms with van der Waals surface area (Å²) in [6.45, 7) is 0. The Labute approximate surface area is 122 Å². The summed E-state index contributed by atoms with van der Waals surface area (Å²) in [6.07, 6.45) is 0. The molecule has 0 spiro atoms. The van der Waals surface area contributed by atoms with Gasteiger partial charge in [0.05, 0.1) is 5.69 Å². The van der Waals surface area contributed by atoms with Gasteiger partial charge in [-0.1, -0.05) is 0 Å². The summed E-state index contributed by atoms with van der Waals surface area (Å²) in [4.78, 5) is 11.7. The summed E-state index contributed by atoms with van der Waals surface area (Å²) in [5.41, 5.74) is 6.43. The van der Waals surface area contributed by atoms with Gasteiger partial charge in [-0.25, -0.2) is 13.6 Å². The molecule has 0 saturated carbocycles. The minimum atomic E-state index is -0.871. The number of carbonyl (C=O) groups excluding carboxylic acids is 1. The average Bonchev–Trinajstić information content (AvgIpc) is 2.36. The third-order valence-electron chi connectivity index (χ3n) is 2.41. The summed E-state index contributed by atoms with van der Waals surface area (Å²) < 4.78 is 26.6.